The van der Waals surface area contributed by atoms with Crippen LogP contribution in [0.1, 0.15) is 59.8 Å². The van der Waals surface area contributed by atoms with Crippen molar-refractivity contribution in [1.29, 1.82) is 0 Å². The van der Waals surface area contributed by atoms with E-state index in [1.165, 1.54) is 0 Å². The molecule has 3 fully saturated rings. The van der Waals surface area contributed by atoms with Gasteiger partial charge in [-0.05, 0) is 43.3 Å². The van der Waals surface area contributed by atoms with Gasteiger partial charge in [-0.2, -0.15) is 0 Å². The quantitative estimate of drug-likeness (QED) is 0.477. The molecule has 0 unspecified atom stereocenters. The van der Waals surface area contributed by atoms with Gasteiger partial charge in [-0.3, -0.25) is 19.2 Å². The van der Waals surface area contributed by atoms with Crippen LogP contribution in [0.5, 0.6) is 0 Å². The van der Waals surface area contributed by atoms with E-state index in [0.29, 0.717) is 6.42 Å². The number of alkyl halides is 1. The molecule has 0 spiro atoms. The summed E-state index contributed by atoms with van der Waals surface area (Å²) in [5, 5.41) is 0. The van der Waals surface area contributed by atoms with E-state index in [2.05, 4.69) is 6.92 Å². The third-order valence-electron chi connectivity index (χ3n) is 8.90. The van der Waals surface area contributed by atoms with Gasteiger partial charge in [-0.25, -0.2) is 0 Å². The predicted molar refractivity (Wildman–Crippen MR) is 116 cm³/mol. The SMILES string of the molecule is CCC(=O)O[C@]1(C(=O)CCl)[C@@H](C)C[C@H]2[C@@H]3CCC4=CC(=O)C=C[C@]4(C)[C@H]3C(=O)C[C@@]21C. The fourth-order valence-electron chi connectivity index (χ4n) is 7.57. The van der Waals surface area contributed by atoms with Crippen molar-refractivity contribution in [3.05, 3.63) is 23.8 Å². The van der Waals surface area contributed by atoms with Gasteiger partial charge in [0.05, 0.1) is 5.88 Å². The van der Waals surface area contributed by atoms with Gasteiger partial charge in [0.1, 0.15) is 5.78 Å². The molecule has 5 nitrogen and oxygen atoms in total. The molecule has 0 radical (unpaired) electrons. The van der Waals surface area contributed by atoms with E-state index < -0.39 is 22.4 Å². The highest BCUT2D eigenvalue weighted by atomic mass is 35.5. The molecule has 7 atom stereocenters. The van der Waals surface area contributed by atoms with Crippen molar-refractivity contribution in [2.45, 2.75) is 65.4 Å². The zero-order valence-electron chi connectivity index (χ0n) is 18.7. The van der Waals surface area contributed by atoms with Gasteiger partial charge >= 0.3 is 5.97 Å². The zero-order chi connectivity index (χ0) is 22.8. The van der Waals surface area contributed by atoms with Crippen molar-refractivity contribution in [2.24, 2.45) is 34.5 Å². The van der Waals surface area contributed by atoms with E-state index in [4.69, 9.17) is 16.3 Å². The summed E-state index contributed by atoms with van der Waals surface area (Å²) in [4.78, 5) is 51.4. The third kappa shape index (κ3) is 2.88. The Morgan fingerprint density at radius 1 is 1.26 bits per heavy atom. The Morgan fingerprint density at radius 2 is 1.97 bits per heavy atom. The number of hydrogen-bond donors (Lipinski definition) is 0. The first-order chi connectivity index (χ1) is 14.5. The molecule has 31 heavy (non-hydrogen) atoms. The molecule has 0 aliphatic heterocycles. The van der Waals surface area contributed by atoms with Crippen LogP contribution in [-0.2, 0) is 23.9 Å². The van der Waals surface area contributed by atoms with Crippen LogP contribution in [0.3, 0.4) is 0 Å². The number of Topliss-reactive ketones (excluding diaryl/α,β-unsaturated/α-hetero) is 2. The Kier molecular flexibility index (Phi) is 5.36. The number of hydrogen-bond acceptors (Lipinski definition) is 5. The van der Waals surface area contributed by atoms with Crippen molar-refractivity contribution in [3.63, 3.8) is 0 Å². The normalized spacial score (nSPS) is 43.6. The van der Waals surface area contributed by atoms with E-state index in [0.717, 1.165) is 18.4 Å². The third-order valence-corrected chi connectivity index (χ3v) is 9.14. The lowest BCUT2D eigenvalue weighted by Crippen LogP contribution is -2.63. The number of halogens is 1. The van der Waals surface area contributed by atoms with Gasteiger partial charge < -0.3 is 4.74 Å². The fraction of sp³-hybridized carbons (Fsp3) is 0.680. The van der Waals surface area contributed by atoms with Gasteiger partial charge in [-0.15, -0.1) is 11.6 Å². The smallest absolute Gasteiger partial charge is 0.306 e. The van der Waals surface area contributed by atoms with E-state index >= 15 is 0 Å². The summed E-state index contributed by atoms with van der Waals surface area (Å²) in [5.74, 6) is -1.24. The predicted octanol–water partition coefficient (Wildman–Crippen LogP) is 4.22. The Hall–Kier alpha value is -1.75. The number of allylic oxidation sites excluding steroid dienone is 4. The molecule has 4 aliphatic carbocycles. The maximum Gasteiger partial charge on any atom is 0.306 e. The molecule has 0 saturated heterocycles. The Morgan fingerprint density at radius 3 is 2.61 bits per heavy atom. The van der Waals surface area contributed by atoms with E-state index in [1.807, 2.05) is 19.9 Å². The molecule has 0 heterocycles. The minimum atomic E-state index is -1.37. The molecule has 4 rings (SSSR count). The summed E-state index contributed by atoms with van der Waals surface area (Å²) >= 11 is 6.03. The van der Waals surface area contributed by atoms with Crippen LogP contribution >= 0.6 is 11.6 Å². The lowest BCUT2D eigenvalue weighted by atomic mass is 9.46. The van der Waals surface area contributed by atoms with Crippen LogP contribution < -0.4 is 0 Å². The van der Waals surface area contributed by atoms with E-state index in [1.54, 1.807) is 19.1 Å². The second kappa shape index (κ2) is 7.40. The fourth-order valence-corrected chi connectivity index (χ4v) is 7.77. The average molecular weight is 447 g/mol. The van der Waals surface area contributed by atoms with Crippen LogP contribution in [0.15, 0.2) is 23.8 Å². The summed E-state index contributed by atoms with van der Waals surface area (Å²) in [6.07, 6.45) is 7.78. The minimum absolute atomic E-state index is 0.0216. The Balaban J connectivity index is 1.81. The first-order valence-corrected chi connectivity index (χ1v) is 11.9. The summed E-state index contributed by atoms with van der Waals surface area (Å²) in [7, 11) is 0. The van der Waals surface area contributed by atoms with E-state index in [-0.39, 0.29) is 59.7 Å². The number of ether oxygens (including phenoxy) is 1. The molecule has 6 heteroatoms. The first kappa shape index (κ1) is 22.4. The summed E-state index contributed by atoms with van der Waals surface area (Å²) in [5.41, 5.74) is -1.60. The number of ketones is 3. The number of carbonyl (C=O) groups excluding carboxylic acids is 4. The Labute approximate surface area is 188 Å². The molecule has 168 valence electrons. The van der Waals surface area contributed by atoms with Crippen LogP contribution in [0.2, 0.25) is 0 Å². The highest BCUT2D eigenvalue weighted by Gasteiger charge is 2.72. The topological polar surface area (TPSA) is 77.5 Å². The summed E-state index contributed by atoms with van der Waals surface area (Å²) in [6.45, 7) is 7.67. The van der Waals surface area contributed by atoms with Crippen molar-refractivity contribution in [2.75, 3.05) is 5.88 Å². The number of rotatable bonds is 4. The second-order valence-electron chi connectivity index (χ2n) is 10.3. The molecular weight excluding hydrogens is 416 g/mol. The lowest BCUT2D eigenvalue weighted by molar-refractivity contribution is -0.194. The van der Waals surface area contributed by atoms with Crippen molar-refractivity contribution in [1.82, 2.24) is 0 Å². The van der Waals surface area contributed by atoms with Crippen molar-refractivity contribution >= 4 is 34.9 Å². The van der Waals surface area contributed by atoms with Crippen LogP contribution in [0, 0.1) is 34.5 Å². The zero-order valence-corrected chi connectivity index (χ0v) is 19.5. The number of fused-ring (bicyclic) bond motifs is 5. The van der Waals surface area contributed by atoms with Gasteiger partial charge in [0.25, 0.3) is 0 Å². The van der Waals surface area contributed by atoms with Crippen LogP contribution in [-0.4, -0.2) is 34.8 Å². The molecule has 3 saturated carbocycles. The second-order valence-corrected chi connectivity index (χ2v) is 10.6. The number of esters is 1. The van der Waals surface area contributed by atoms with Gasteiger partial charge in [0.2, 0.25) is 0 Å². The summed E-state index contributed by atoms with van der Waals surface area (Å²) in [6, 6.07) is 0. The summed E-state index contributed by atoms with van der Waals surface area (Å²) < 4.78 is 5.96. The number of carbonyl (C=O) groups is 4. The monoisotopic (exact) mass is 446 g/mol. The van der Waals surface area contributed by atoms with E-state index in [9.17, 15) is 19.2 Å². The maximum atomic E-state index is 13.7. The molecule has 0 bridgehead atoms. The molecule has 0 aromatic heterocycles. The Bertz CT molecular complexity index is 919. The average Bonchev–Trinajstić information content (AvgIpc) is 2.94. The van der Waals surface area contributed by atoms with Crippen LogP contribution in [0.25, 0.3) is 0 Å². The maximum absolute atomic E-state index is 13.7. The lowest BCUT2D eigenvalue weighted by Gasteiger charge is -2.57. The van der Waals surface area contributed by atoms with Gasteiger partial charge in [0, 0.05) is 35.5 Å². The van der Waals surface area contributed by atoms with Gasteiger partial charge in [-0.1, -0.05) is 39.3 Å². The first-order valence-electron chi connectivity index (χ1n) is 11.3. The minimum Gasteiger partial charge on any atom is -0.450 e. The van der Waals surface area contributed by atoms with Crippen molar-refractivity contribution < 1.29 is 23.9 Å². The molecular formula is C25H31ClO5. The van der Waals surface area contributed by atoms with Gasteiger partial charge in [0.15, 0.2) is 17.2 Å². The standard InChI is InChI=1S/C25H31ClO5/c1-5-21(30)31-25(20(29)13-26)14(2)10-18-17-7-6-15-11-16(27)8-9-23(15,3)22(17)19(28)12-24(18,25)4/h8-9,11,14,17-18,22H,5-7,10,12-13H2,1-4H3/t14-,17-,18-,22+,23-,24-,25-/m0/s1. The highest BCUT2D eigenvalue weighted by molar-refractivity contribution is 6.29. The van der Waals surface area contributed by atoms with Crippen molar-refractivity contribution in [3.8, 4) is 0 Å². The molecule has 0 aromatic carbocycles. The largest absolute Gasteiger partial charge is 0.450 e. The molecule has 0 aromatic rings. The highest BCUT2D eigenvalue weighted by Crippen LogP contribution is 2.68. The molecule has 0 N–H and O–H groups in total. The van der Waals surface area contributed by atoms with Crippen LogP contribution in [0.4, 0.5) is 0 Å². The molecule has 0 amide bonds. The molecule has 4 aliphatic rings.